The monoisotopic (exact) mass is 411 g/mol. The van der Waals surface area contributed by atoms with Crippen LogP contribution in [-0.2, 0) is 11.3 Å². The van der Waals surface area contributed by atoms with Crippen molar-refractivity contribution in [3.63, 3.8) is 0 Å². The van der Waals surface area contributed by atoms with Crippen LogP contribution in [0.5, 0.6) is 0 Å². The van der Waals surface area contributed by atoms with Gasteiger partial charge in [0, 0.05) is 13.0 Å². The van der Waals surface area contributed by atoms with Gasteiger partial charge in [-0.3, -0.25) is 9.69 Å². The third kappa shape index (κ3) is 5.09. The molecule has 1 atom stereocenters. The van der Waals surface area contributed by atoms with Crippen LogP contribution in [0, 0.1) is 13.8 Å². The first-order chi connectivity index (χ1) is 15.0. The quantitative estimate of drug-likeness (QED) is 0.565. The van der Waals surface area contributed by atoms with Crippen LogP contribution in [0.3, 0.4) is 0 Å². The highest BCUT2D eigenvalue weighted by Crippen LogP contribution is 2.33. The van der Waals surface area contributed by atoms with Gasteiger partial charge in [-0.25, -0.2) is 5.01 Å². The molecule has 1 aliphatic rings. The van der Waals surface area contributed by atoms with Crippen LogP contribution >= 0.6 is 0 Å². The molecule has 4 rings (SSSR count). The molecule has 0 saturated carbocycles. The Morgan fingerprint density at radius 1 is 0.968 bits per heavy atom. The first-order valence-corrected chi connectivity index (χ1v) is 10.8. The molecule has 1 aliphatic heterocycles. The molecular weight excluding hydrogens is 382 g/mol. The van der Waals surface area contributed by atoms with E-state index in [1.807, 2.05) is 36.2 Å². The second-order valence-corrected chi connectivity index (χ2v) is 8.44. The molecule has 0 N–H and O–H groups in total. The Kier molecular flexibility index (Phi) is 6.28. The number of hydrazone groups is 1. The molecule has 1 unspecified atom stereocenters. The van der Waals surface area contributed by atoms with E-state index >= 15 is 0 Å². The van der Waals surface area contributed by atoms with Gasteiger partial charge in [-0.2, -0.15) is 5.10 Å². The van der Waals surface area contributed by atoms with Gasteiger partial charge < -0.3 is 0 Å². The number of aryl methyl sites for hydroxylation is 2. The predicted octanol–water partition coefficient (Wildman–Crippen LogP) is 5.11. The maximum absolute atomic E-state index is 13.3. The van der Waals surface area contributed by atoms with Gasteiger partial charge in [0.05, 0.1) is 18.3 Å². The lowest BCUT2D eigenvalue weighted by Crippen LogP contribution is -2.36. The Morgan fingerprint density at radius 3 is 2.42 bits per heavy atom. The van der Waals surface area contributed by atoms with E-state index in [9.17, 15) is 4.79 Å². The van der Waals surface area contributed by atoms with Crippen molar-refractivity contribution < 1.29 is 4.79 Å². The number of hydrogen-bond donors (Lipinski definition) is 0. The number of nitrogens with zero attached hydrogens (tertiary/aromatic N) is 3. The molecule has 0 aromatic heterocycles. The number of hydrogen-bond acceptors (Lipinski definition) is 3. The minimum absolute atomic E-state index is 0.0201. The fraction of sp³-hybridized carbons (Fsp3) is 0.259. The van der Waals surface area contributed by atoms with E-state index in [0.717, 1.165) is 29.8 Å². The van der Waals surface area contributed by atoms with E-state index in [-0.39, 0.29) is 11.9 Å². The van der Waals surface area contributed by atoms with Gasteiger partial charge in [-0.1, -0.05) is 90.0 Å². The number of amides is 1. The zero-order valence-electron chi connectivity index (χ0n) is 18.5. The Balaban J connectivity index is 1.56. The fourth-order valence-electron chi connectivity index (χ4n) is 4.04. The summed E-state index contributed by atoms with van der Waals surface area (Å²) in [4.78, 5) is 15.4. The number of carbonyl (C=O) groups is 1. The van der Waals surface area contributed by atoms with Gasteiger partial charge in [0.15, 0.2) is 0 Å². The number of benzene rings is 3. The molecule has 3 aromatic rings. The molecular formula is C27H29N3O. The van der Waals surface area contributed by atoms with E-state index in [0.29, 0.717) is 6.54 Å². The summed E-state index contributed by atoms with van der Waals surface area (Å²) in [5.74, 6) is 0.0201. The van der Waals surface area contributed by atoms with Crippen molar-refractivity contribution in [3.05, 3.63) is 107 Å². The smallest absolute Gasteiger partial charge is 0.257 e. The highest BCUT2D eigenvalue weighted by molar-refractivity contribution is 6.03. The van der Waals surface area contributed by atoms with E-state index in [2.05, 4.69) is 68.4 Å². The fourth-order valence-corrected chi connectivity index (χ4v) is 4.04. The summed E-state index contributed by atoms with van der Waals surface area (Å²) < 4.78 is 0. The van der Waals surface area contributed by atoms with Crippen LogP contribution in [0.2, 0.25) is 0 Å². The van der Waals surface area contributed by atoms with Gasteiger partial charge in [0.2, 0.25) is 0 Å². The number of likely N-dealkylation sites (N-methyl/N-ethyl adjacent to an activating group) is 1. The third-order valence-corrected chi connectivity index (χ3v) is 5.68. The molecule has 3 aromatic carbocycles. The lowest BCUT2D eigenvalue weighted by molar-refractivity contribution is -0.134. The Bertz CT molecular complexity index is 1070. The summed E-state index contributed by atoms with van der Waals surface area (Å²) in [6.45, 7) is 5.21. The molecule has 0 bridgehead atoms. The molecule has 4 heteroatoms. The summed E-state index contributed by atoms with van der Waals surface area (Å²) >= 11 is 0. The average molecular weight is 412 g/mol. The second kappa shape index (κ2) is 9.27. The Morgan fingerprint density at radius 2 is 1.71 bits per heavy atom. The van der Waals surface area contributed by atoms with Crippen LogP contribution in [0.25, 0.3) is 0 Å². The zero-order valence-corrected chi connectivity index (χ0v) is 18.5. The van der Waals surface area contributed by atoms with Crippen LogP contribution < -0.4 is 0 Å². The number of carbonyl (C=O) groups excluding carboxylic acids is 1. The summed E-state index contributed by atoms with van der Waals surface area (Å²) in [6, 6.07) is 26.9. The number of rotatable bonds is 6. The molecule has 4 nitrogen and oxygen atoms in total. The van der Waals surface area contributed by atoms with Crippen LogP contribution in [-0.4, -0.2) is 35.1 Å². The predicted molar refractivity (Wildman–Crippen MR) is 126 cm³/mol. The van der Waals surface area contributed by atoms with Gasteiger partial charge >= 0.3 is 0 Å². The second-order valence-electron chi connectivity index (χ2n) is 8.44. The SMILES string of the molecule is Cc1ccc(C2CC(c3cccc(C)c3)=NN2C(=O)CN(C)Cc2ccccc2)cc1. The highest BCUT2D eigenvalue weighted by Gasteiger charge is 2.33. The Hall–Kier alpha value is -3.24. The van der Waals surface area contributed by atoms with E-state index in [1.165, 1.54) is 16.7 Å². The molecule has 158 valence electrons. The molecule has 0 aliphatic carbocycles. The van der Waals surface area contributed by atoms with Crippen LogP contribution in [0.15, 0.2) is 84.0 Å². The third-order valence-electron chi connectivity index (χ3n) is 5.68. The van der Waals surface area contributed by atoms with Gasteiger partial charge in [-0.05, 0) is 37.6 Å². The lowest BCUT2D eigenvalue weighted by atomic mass is 9.97. The molecule has 31 heavy (non-hydrogen) atoms. The van der Waals surface area contributed by atoms with Crippen molar-refractivity contribution in [1.29, 1.82) is 0 Å². The normalized spacial score (nSPS) is 15.9. The first kappa shape index (κ1) is 21.0. The summed E-state index contributed by atoms with van der Waals surface area (Å²) in [5, 5.41) is 6.51. The van der Waals surface area contributed by atoms with E-state index in [1.54, 1.807) is 5.01 Å². The maximum Gasteiger partial charge on any atom is 0.257 e. The van der Waals surface area contributed by atoms with Crippen molar-refractivity contribution >= 4 is 11.6 Å². The van der Waals surface area contributed by atoms with E-state index < -0.39 is 0 Å². The van der Waals surface area contributed by atoms with E-state index in [4.69, 9.17) is 5.10 Å². The Labute approximate surface area is 184 Å². The van der Waals surface area contributed by atoms with Crippen LogP contribution in [0.4, 0.5) is 0 Å². The molecule has 0 radical (unpaired) electrons. The summed E-state index contributed by atoms with van der Waals surface area (Å²) in [7, 11) is 1.98. The minimum Gasteiger partial charge on any atom is -0.293 e. The maximum atomic E-state index is 13.3. The van der Waals surface area contributed by atoms with Crippen molar-refractivity contribution in [2.45, 2.75) is 32.9 Å². The molecule has 1 amide bonds. The van der Waals surface area contributed by atoms with Gasteiger partial charge in [0.25, 0.3) is 5.91 Å². The van der Waals surface area contributed by atoms with Gasteiger partial charge in [0.1, 0.15) is 0 Å². The minimum atomic E-state index is -0.0752. The zero-order chi connectivity index (χ0) is 21.8. The first-order valence-electron chi connectivity index (χ1n) is 10.8. The van der Waals surface area contributed by atoms with Gasteiger partial charge in [-0.15, -0.1) is 0 Å². The summed E-state index contributed by atoms with van der Waals surface area (Å²) in [6.07, 6.45) is 0.723. The topological polar surface area (TPSA) is 35.9 Å². The lowest BCUT2D eigenvalue weighted by Gasteiger charge is -2.25. The summed E-state index contributed by atoms with van der Waals surface area (Å²) in [5.41, 5.74) is 6.77. The molecule has 0 saturated heterocycles. The van der Waals surface area contributed by atoms with Crippen molar-refractivity contribution in [1.82, 2.24) is 9.91 Å². The standard InChI is InChI=1S/C27H29N3O/c1-20-12-14-23(15-13-20)26-17-25(24-11-7-8-21(2)16-24)28-30(26)27(31)19-29(3)18-22-9-5-4-6-10-22/h4-16,26H,17-19H2,1-3H3. The van der Waals surface area contributed by atoms with Crippen LogP contribution in [0.1, 0.15) is 40.3 Å². The largest absolute Gasteiger partial charge is 0.293 e. The van der Waals surface area contributed by atoms with Crippen molar-refractivity contribution in [3.8, 4) is 0 Å². The van der Waals surface area contributed by atoms with Crippen molar-refractivity contribution in [2.24, 2.45) is 5.10 Å². The molecule has 1 heterocycles. The van der Waals surface area contributed by atoms with Crippen molar-refractivity contribution in [2.75, 3.05) is 13.6 Å². The molecule has 0 spiro atoms. The molecule has 0 fully saturated rings. The average Bonchev–Trinajstić information content (AvgIpc) is 3.21. The highest BCUT2D eigenvalue weighted by atomic mass is 16.2.